The van der Waals surface area contributed by atoms with Gasteiger partial charge in [-0.3, -0.25) is 14.5 Å². The van der Waals surface area contributed by atoms with Gasteiger partial charge in [0.1, 0.15) is 0 Å². The van der Waals surface area contributed by atoms with E-state index < -0.39 is 5.97 Å². The molecule has 6 heteroatoms. The van der Waals surface area contributed by atoms with E-state index in [4.69, 9.17) is 5.11 Å². The molecule has 2 aromatic carbocycles. The van der Waals surface area contributed by atoms with Crippen LogP contribution in [0.25, 0.3) is 6.08 Å². The topological polar surface area (TPSA) is 74.7 Å². The number of rotatable bonds is 4. The smallest absolute Gasteiger partial charge is 0.335 e. The summed E-state index contributed by atoms with van der Waals surface area (Å²) in [5.74, 6) is -1.35. The first-order chi connectivity index (χ1) is 11.5. The Morgan fingerprint density at radius 3 is 2.33 bits per heavy atom. The van der Waals surface area contributed by atoms with Gasteiger partial charge in [-0.1, -0.05) is 42.5 Å². The average molecular weight is 339 g/mol. The van der Waals surface area contributed by atoms with Crippen molar-refractivity contribution in [3.8, 4) is 0 Å². The van der Waals surface area contributed by atoms with E-state index in [-0.39, 0.29) is 23.3 Å². The third-order valence-corrected chi connectivity index (χ3v) is 4.42. The molecule has 0 saturated carbocycles. The van der Waals surface area contributed by atoms with Gasteiger partial charge < -0.3 is 5.11 Å². The second-order valence-corrected chi connectivity index (χ2v) is 6.17. The number of nitrogens with zero attached hydrogens (tertiary/aromatic N) is 1. The van der Waals surface area contributed by atoms with Gasteiger partial charge in [0.25, 0.3) is 11.1 Å². The number of imide groups is 1. The molecule has 1 saturated heterocycles. The Labute approximate surface area is 142 Å². The Hall–Kier alpha value is -2.86. The third-order valence-electron chi connectivity index (χ3n) is 3.51. The zero-order chi connectivity index (χ0) is 17.1. The zero-order valence-electron chi connectivity index (χ0n) is 12.5. The molecule has 24 heavy (non-hydrogen) atoms. The predicted molar refractivity (Wildman–Crippen MR) is 91.4 cm³/mol. The second kappa shape index (κ2) is 6.72. The highest BCUT2D eigenvalue weighted by molar-refractivity contribution is 8.18. The van der Waals surface area contributed by atoms with Gasteiger partial charge in [-0.2, -0.15) is 0 Å². The van der Waals surface area contributed by atoms with Crippen molar-refractivity contribution in [3.63, 3.8) is 0 Å². The molecule has 0 aromatic heterocycles. The van der Waals surface area contributed by atoms with Crippen LogP contribution in [-0.2, 0) is 11.3 Å². The van der Waals surface area contributed by atoms with Crippen molar-refractivity contribution in [2.75, 3.05) is 0 Å². The molecule has 1 aliphatic heterocycles. The maximum Gasteiger partial charge on any atom is 0.335 e. The van der Waals surface area contributed by atoms with Crippen LogP contribution in [0.1, 0.15) is 21.5 Å². The quantitative estimate of drug-likeness (QED) is 0.861. The summed E-state index contributed by atoms with van der Waals surface area (Å²) in [4.78, 5) is 36.9. The van der Waals surface area contributed by atoms with Gasteiger partial charge in [0, 0.05) is 0 Å². The molecule has 120 valence electrons. The van der Waals surface area contributed by atoms with Gasteiger partial charge in [0.15, 0.2) is 0 Å². The van der Waals surface area contributed by atoms with Crippen LogP contribution in [-0.4, -0.2) is 27.1 Å². The van der Waals surface area contributed by atoms with Crippen LogP contribution < -0.4 is 0 Å². The molecule has 2 aromatic rings. The zero-order valence-corrected chi connectivity index (χ0v) is 13.3. The van der Waals surface area contributed by atoms with Crippen LogP contribution >= 0.6 is 11.8 Å². The fraction of sp³-hybridized carbons (Fsp3) is 0.0556. The van der Waals surface area contributed by atoms with Crippen LogP contribution in [0.3, 0.4) is 0 Å². The van der Waals surface area contributed by atoms with Gasteiger partial charge >= 0.3 is 5.97 Å². The minimum atomic E-state index is -1.01. The Kier molecular flexibility index (Phi) is 4.48. The number of thioether (sulfide) groups is 1. The number of aromatic carboxylic acids is 1. The summed E-state index contributed by atoms with van der Waals surface area (Å²) in [7, 11) is 0. The number of hydrogen-bond acceptors (Lipinski definition) is 4. The molecule has 0 atom stereocenters. The van der Waals surface area contributed by atoms with Gasteiger partial charge in [0.05, 0.1) is 17.0 Å². The van der Waals surface area contributed by atoms with Crippen molar-refractivity contribution in [2.45, 2.75) is 6.54 Å². The van der Waals surface area contributed by atoms with Gasteiger partial charge in [-0.05, 0) is 41.1 Å². The molecule has 0 bridgehead atoms. The van der Waals surface area contributed by atoms with Crippen molar-refractivity contribution >= 4 is 35.0 Å². The maximum atomic E-state index is 12.4. The van der Waals surface area contributed by atoms with E-state index in [1.807, 2.05) is 30.3 Å². The second-order valence-electron chi connectivity index (χ2n) is 5.18. The number of carboxylic acids is 1. The molecular weight excluding hydrogens is 326 g/mol. The summed E-state index contributed by atoms with van der Waals surface area (Å²) < 4.78 is 0. The molecule has 1 heterocycles. The lowest BCUT2D eigenvalue weighted by molar-refractivity contribution is -0.123. The fourth-order valence-corrected chi connectivity index (χ4v) is 3.11. The lowest BCUT2D eigenvalue weighted by Crippen LogP contribution is -2.27. The summed E-state index contributed by atoms with van der Waals surface area (Å²) in [6.07, 6.45) is 1.60. The van der Waals surface area contributed by atoms with E-state index in [0.717, 1.165) is 17.3 Å². The number of carbonyl (C=O) groups is 3. The number of hydrogen-bond donors (Lipinski definition) is 1. The lowest BCUT2D eigenvalue weighted by Gasteiger charge is -2.12. The number of amides is 2. The van der Waals surface area contributed by atoms with Crippen molar-refractivity contribution in [1.29, 1.82) is 0 Å². The Bertz CT molecular complexity index is 828. The summed E-state index contributed by atoms with van der Waals surface area (Å²) in [5, 5.41) is 8.58. The van der Waals surface area contributed by atoms with Crippen molar-refractivity contribution in [1.82, 2.24) is 4.90 Å². The molecule has 1 N–H and O–H groups in total. The summed E-state index contributed by atoms with van der Waals surface area (Å²) in [5.41, 5.74) is 1.72. The van der Waals surface area contributed by atoms with Gasteiger partial charge in [-0.25, -0.2) is 4.79 Å². The predicted octanol–water partition coefficient (Wildman–Crippen LogP) is 3.62. The largest absolute Gasteiger partial charge is 0.478 e. The Balaban J connectivity index is 1.79. The summed E-state index contributed by atoms with van der Waals surface area (Å²) in [6, 6.07) is 15.4. The van der Waals surface area contributed by atoms with Gasteiger partial charge in [0.2, 0.25) is 0 Å². The fourth-order valence-electron chi connectivity index (χ4n) is 2.28. The summed E-state index contributed by atoms with van der Waals surface area (Å²) >= 11 is 0.889. The van der Waals surface area contributed by atoms with Gasteiger partial charge in [-0.15, -0.1) is 0 Å². The Morgan fingerprint density at radius 1 is 1.04 bits per heavy atom. The minimum absolute atomic E-state index is 0.171. The molecule has 0 aliphatic carbocycles. The van der Waals surface area contributed by atoms with E-state index >= 15 is 0 Å². The van der Waals surface area contributed by atoms with Crippen molar-refractivity contribution in [2.24, 2.45) is 0 Å². The first-order valence-electron chi connectivity index (χ1n) is 7.17. The molecule has 0 unspecified atom stereocenters. The normalized spacial score (nSPS) is 16.0. The first kappa shape index (κ1) is 16.0. The number of carboxylic acid groups (broad SMARTS) is 1. The molecular formula is C18H13NO4S. The molecule has 0 spiro atoms. The maximum absolute atomic E-state index is 12.4. The molecule has 0 radical (unpaired) electrons. The molecule has 3 rings (SSSR count). The molecule has 1 fully saturated rings. The lowest BCUT2D eigenvalue weighted by atomic mass is 10.1. The van der Waals surface area contributed by atoms with Crippen LogP contribution in [0.4, 0.5) is 4.79 Å². The average Bonchev–Trinajstić information content (AvgIpc) is 2.84. The highest BCUT2D eigenvalue weighted by atomic mass is 32.2. The monoisotopic (exact) mass is 339 g/mol. The van der Waals surface area contributed by atoms with Crippen LogP contribution in [0.2, 0.25) is 0 Å². The van der Waals surface area contributed by atoms with Crippen LogP contribution in [0, 0.1) is 0 Å². The van der Waals surface area contributed by atoms with Crippen molar-refractivity contribution < 1.29 is 19.5 Å². The van der Waals surface area contributed by atoms with E-state index in [1.165, 1.54) is 17.0 Å². The van der Waals surface area contributed by atoms with Crippen LogP contribution in [0.5, 0.6) is 0 Å². The molecule has 5 nitrogen and oxygen atoms in total. The van der Waals surface area contributed by atoms with E-state index in [0.29, 0.717) is 10.5 Å². The minimum Gasteiger partial charge on any atom is -0.478 e. The molecule has 1 aliphatic rings. The summed E-state index contributed by atoms with van der Waals surface area (Å²) in [6.45, 7) is 0.237. The highest BCUT2D eigenvalue weighted by Crippen LogP contribution is 2.33. The number of benzene rings is 2. The Morgan fingerprint density at radius 2 is 1.71 bits per heavy atom. The van der Waals surface area contributed by atoms with E-state index in [1.54, 1.807) is 18.2 Å². The highest BCUT2D eigenvalue weighted by Gasteiger charge is 2.34. The van der Waals surface area contributed by atoms with Crippen LogP contribution in [0.15, 0.2) is 59.5 Å². The van der Waals surface area contributed by atoms with E-state index in [2.05, 4.69) is 0 Å². The van der Waals surface area contributed by atoms with Crippen molar-refractivity contribution in [3.05, 3.63) is 76.2 Å². The first-order valence-corrected chi connectivity index (χ1v) is 7.99. The SMILES string of the molecule is O=C(O)c1ccc(/C=C2\SC(=O)N(Cc3ccccc3)C2=O)cc1. The standard InChI is InChI=1S/C18H13NO4S/c20-16-15(10-12-6-8-14(9-7-12)17(21)22)24-18(23)19(16)11-13-4-2-1-3-5-13/h1-10H,11H2,(H,21,22)/b15-10-. The third kappa shape index (κ3) is 3.38. The number of carbonyl (C=O) groups excluding carboxylic acids is 2. The van der Waals surface area contributed by atoms with E-state index in [9.17, 15) is 14.4 Å². The molecule has 2 amide bonds.